The van der Waals surface area contributed by atoms with Gasteiger partial charge in [-0.05, 0) is 30.0 Å². The molecular weight excluding hydrogens is 226 g/mol. The average molecular weight is 249 g/mol. The number of rotatable bonds is 7. The predicted molar refractivity (Wildman–Crippen MR) is 73.6 cm³/mol. The molecule has 3 nitrogen and oxygen atoms in total. The molecule has 100 valence electrons. The quantitative estimate of drug-likeness (QED) is 0.726. The Kier molecular flexibility index (Phi) is 5.86. The molecule has 0 fully saturated rings. The highest BCUT2D eigenvalue weighted by Crippen LogP contribution is 2.19. The number of unbranched alkanes of at least 4 members (excludes halogenated alkanes) is 1. The Morgan fingerprint density at radius 1 is 1.17 bits per heavy atom. The highest BCUT2D eigenvalue weighted by atomic mass is 16.4. The van der Waals surface area contributed by atoms with Crippen LogP contribution >= 0.6 is 0 Å². The second kappa shape index (κ2) is 7.17. The van der Waals surface area contributed by atoms with Gasteiger partial charge in [-0.3, -0.25) is 0 Å². The van der Waals surface area contributed by atoms with Crippen LogP contribution < -0.4 is 5.73 Å². The lowest BCUT2D eigenvalue weighted by atomic mass is 9.98. The van der Waals surface area contributed by atoms with Crippen molar-refractivity contribution in [3.05, 3.63) is 35.4 Å². The van der Waals surface area contributed by atoms with E-state index >= 15 is 0 Å². The summed E-state index contributed by atoms with van der Waals surface area (Å²) in [4.78, 5) is 10.7. The van der Waals surface area contributed by atoms with Crippen LogP contribution in [-0.4, -0.2) is 11.1 Å². The van der Waals surface area contributed by atoms with Crippen LogP contribution in [0.1, 0.15) is 61.5 Å². The largest absolute Gasteiger partial charge is 0.478 e. The summed E-state index contributed by atoms with van der Waals surface area (Å²) in [5.41, 5.74) is 7.42. The number of hydrogen-bond donors (Lipinski definition) is 2. The van der Waals surface area contributed by atoms with Gasteiger partial charge in [-0.25, -0.2) is 4.79 Å². The van der Waals surface area contributed by atoms with Crippen molar-refractivity contribution >= 4 is 5.97 Å². The molecular formula is C15H23NO2. The maximum Gasteiger partial charge on any atom is 0.335 e. The molecule has 0 aliphatic carbocycles. The summed E-state index contributed by atoms with van der Waals surface area (Å²) in [6.07, 6.45) is 4.53. The van der Waals surface area contributed by atoms with E-state index in [9.17, 15) is 4.79 Å². The zero-order valence-electron chi connectivity index (χ0n) is 11.2. The second-order valence-electron chi connectivity index (χ2n) is 5.21. The zero-order chi connectivity index (χ0) is 13.5. The molecule has 0 heterocycles. The molecule has 0 saturated heterocycles. The lowest BCUT2D eigenvalue weighted by Gasteiger charge is -2.12. The lowest BCUT2D eigenvalue weighted by molar-refractivity contribution is 0.0697. The van der Waals surface area contributed by atoms with Gasteiger partial charge in [0.15, 0.2) is 0 Å². The van der Waals surface area contributed by atoms with Gasteiger partial charge in [-0.15, -0.1) is 0 Å². The standard InChI is InChI=1S/C15H23NO2/c1-11(2)5-3-4-6-14(16)12-7-9-13(10-8-12)15(17)18/h7-11,14H,3-6,16H2,1-2H3,(H,17,18). The monoisotopic (exact) mass is 249 g/mol. The van der Waals surface area contributed by atoms with Gasteiger partial charge in [0.2, 0.25) is 0 Å². The molecule has 0 bridgehead atoms. The van der Waals surface area contributed by atoms with Crippen LogP contribution in [0.15, 0.2) is 24.3 Å². The topological polar surface area (TPSA) is 63.3 Å². The molecule has 1 aromatic carbocycles. The predicted octanol–water partition coefficient (Wildman–Crippen LogP) is 3.60. The van der Waals surface area contributed by atoms with Crippen molar-refractivity contribution in [2.45, 2.75) is 45.6 Å². The summed E-state index contributed by atoms with van der Waals surface area (Å²) in [5, 5.41) is 8.81. The van der Waals surface area contributed by atoms with Gasteiger partial charge in [-0.2, -0.15) is 0 Å². The number of hydrogen-bond acceptors (Lipinski definition) is 2. The van der Waals surface area contributed by atoms with Crippen LogP contribution in [0, 0.1) is 5.92 Å². The Labute approximate surface area is 109 Å². The van der Waals surface area contributed by atoms with E-state index in [2.05, 4.69) is 13.8 Å². The summed E-state index contributed by atoms with van der Waals surface area (Å²) in [7, 11) is 0. The van der Waals surface area contributed by atoms with Gasteiger partial charge in [0.25, 0.3) is 0 Å². The molecule has 0 aromatic heterocycles. The van der Waals surface area contributed by atoms with E-state index in [4.69, 9.17) is 10.8 Å². The van der Waals surface area contributed by atoms with Crippen molar-refractivity contribution in [2.75, 3.05) is 0 Å². The first-order valence-corrected chi connectivity index (χ1v) is 6.59. The number of carboxylic acids is 1. The summed E-state index contributed by atoms with van der Waals surface area (Å²) in [6, 6.07) is 6.88. The molecule has 0 saturated carbocycles. The fourth-order valence-corrected chi connectivity index (χ4v) is 1.96. The second-order valence-corrected chi connectivity index (χ2v) is 5.21. The molecule has 0 radical (unpaired) electrons. The minimum atomic E-state index is -0.896. The third-order valence-electron chi connectivity index (χ3n) is 3.13. The van der Waals surface area contributed by atoms with E-state index < -0.39 is 5.97 Å². The molecule has 1 atom stereocenters. The van der Waals surface area contributed by atoms with Crippen LogP contribution in [0.3, 0.4) is 0 Å². The Balaban J connectivity index is 2.41. The van der Waals surface area contributed by atoms with Crippen molar-refractivity contribution in [1.29, 1.82) is 0 Å². The van der Waals surface area contributed by atoms with Gasteiger partial charge in [0.05, 0.1) is 5.56 Å². The maximum absolute atomic E-state index is 10.7. The third-order valence-corrected chi connectivity index (χ3v) is 3.13. The van der Waals surface area contributed by atoms with Gasteiger partial charge in [-0.1, -0.05) is 45.2 Å². The van der Waals surface area contributed by atoms with Gasteiger partial charge in [0, 0.05) is 6.04 Å². The number of benzene rings is 1. The molecule has 1 aromatic rings. The molecule has 0 amide bonds. The first kappa shape index (κ1) is 14.7. The number of carbonyl (C=O) groups is 1. The number of aromatic carboxylic acids is 1. The van der Waals surface area contributed by atoms with E-state index in [1.54, 1.807) is 12.1 Å². The number of carboxylic acid groups (broad SMARTS) is 1. The Hall–Kier alpha value is -1.35. The maximum atomic E-state index is 10.7. The summed E-state index contributed by atoms with van der Waals surface area (Å²) < 4.78 is 0. The van der Waals surface area contributed by atoms with Gasteiger partial charge in [0.1, 0.15) is 0 Å². The first-order valence-electron chi connectivity index (χ1n) is 6.59. The van der Waals surface area contributed by atoms with Crippen LogP contribution in [0.25, 0.3) is 0 Å². The minimum Gasteiger partial charge on any atom is -0.478 e. The van der Waals surface area contributed by atoms with Crippen molar-refractivity contribution in [3.63, 3.8) is 0 Å². The molecule has 1 rings (SSSR count). The van der Waals surface area contributed by atoms with Crippen molar-refractivity contribution in [1.82, 2.24) is 0 Å². The normalized spacial score (nSPS) is 12.7. The Bertz CT molecular complexity index is 371. The third kappa shape index (κ3) is 4.88. The Morgan fingerprint density at radius 2 is 1.72 bits per heavy atom. The molecule has 0 aliphatic rings. The smallest absolute Gasteiger partial charge is 0.335 e. The van der Waals surface area contributed by atoms with Crippen LogP contribution in [0.5, 0.6) is 0 Å². The van der Waals surface area contributed by atoms with E-state index in [0.29, 0.717) is 5.56 Å². The summed E-state index contributed by atoms with van der Waals surface area (Å²) >= 11 is 0. The Morgan fingerprint density at radius 3 is 2.22 bits per heavy atom. The van der Waals surface area contributed by atoms with E-state index in [1.165, 1.54) is 12.8 Å². The SMILES string of the molecule is CC(C)CCCCC(N)c1ccc(C(=O)O)cc1. The molecule has 3 N–H and O–H groups in total. The van der Waals surface area contributed by atoms with Crippen LogP contribution in [0.2, 0.25) is 0 Å². The zero-order valence-corrected chi connectivity index (χ0v) is 11.2. The van der Waals surface area contributed by atoms with Crippen LogP contribution in [-0.2, 0) is 0 Å². The summed E-state index contributed by atoms with van der Waals surface area (Å²) in [6.45, 7) is 4.45. The first-order chi connectivity index (χ1) is 8.50. The van der Waals surface area contributed by atoms with Crippen LogP contribution in [0.4, 0.5) is 0 Å². The van der Waals surface area contributed by atoms with Crippen molar-refractivity contribution in [3.8, 4) is 0 Å². The molecule has 0 spiro atoms. The molecule has 0 aliphatic heterocycles. The molecule has 18 heavy (non-hydrogen) atoms. The van der Waals surface area contributed by atoms with Gasteiger partial charge >= 0.3 is 5.97 Å². The fraction of sp³-hybridized carbons (Fsp3) is 0.533. The highest BCUT2D eigenvalue weighted by molar-refractivity contribution is 5.87. The average Bonchev–Trinajstić information content (AvgIpc) is 2.34. The van der Waals surface area contributed by atoms with E-state index in [-0.39, 0.29) is 6.04 Å². The van der Waals surface area contributed by atoms with E-state index in [0.717, 1.165) is 24.3 Å². The lowest BCUT2D eigenvalue weighted by Crippen LogP contribution is -2.10. The minimum absolute atomic E-state index is 0.0139. The van der Waals surface area contributed by atoms with Crippen molar-refractivity contribution < 1.29 is 9.90 Å². The van der Waals surface area contributed by atoms with Gasteiger partial charge < -0.3 is 10.8 Å². The summed E-state index contributed by atoms with van der Waals surface area (Å²) in [5.74, 6) is -0.150. The van der Waals surface area contributed by atoms with Crippen molar-refractivity contribution in [2.24, 2.45) is 11.7 Å². The molecule has 1 unspecified atom stereocenters. The highest BCUT2D eigenvalue weighted by Gasteiger charge is 2.08. The van der Waals surface area contributed by atoms with E-state index in [1.807, 2.05) is 12.1 Å². The fourth-order valence-electron chi connectivity index (χ4n) is 1.96. The number of nitrogens with two attached hydrogens (primary N) is 1. The molecule has 3 heteroatoms.